The highest BCUT2D eigenvalue weighted by Gasteiger charge is 2.52. The van der Waals surface area contributed by atoms with Crippen LogP contribution < -0.4 is 5.32 Å². The highest BCUT2D eigenvalue weighted by Crippen LogP contribution is 2.36. The van der Waals surface area contributed by atoms with Gasteiger partial charge in [0.25, 0.3) is 0 Å². The number of nitrogens with one attached hydrogen (secondary N) is 1. The number of ether oxygens (including phenoxy) is 3. The van der Waals surface area contributed by atoms with Crippen molar-refractivity contribution >= 4 is 17.8 Å². The van der Waals surface area contributed by atoms with E-state index < -0.39 is 23.5 Å². The zero-order valence-corrected chi connectivity index (χ0v) is 15.9. The first-order chi connectivity index (χ1) is 13.0. The van der Waals surface area contributed by atoms with Gasteiger partial charge in [-0.05, 0) is 32.3 Å². The number of benzene rings is 1. The van der Waals surface area contributed by atoms with Crippen LogP contribution in [0.3, 0.4) is 0 Å². The van der Waals surface area contributed by atoms with Crippen molar-refractivity contribution in [3.63, 3.8) is 0 Å². The van der Waals surface area contributed by atoms with Gasteiger partial charge in [-0.15, -0.1) is 0 Å². The maximum Gasteiger partial charge on any atom is 0.334 e. The van der Waals surface area contributed by atoms with Crippen LogP contribution in [0, 0.1) is 5.41 Å². The second kappa shape index (κ2) is 8.08. The normalized spacial score (nSPS) is 30.2. The van der Waals surface area contributed by atoms with Gasteiger partial charge in [0.1, 0.15) is 12.7 Å². The Morgan fingerprint density at radius 2 is 2.04 bits per heavy atom. The summed E-state index contributed by atoms with van der Waals surface area (Å²) in [6.07, 6.45) is 0.847. The first-order valence-corrected chi connectivity index (χ1v) is 9.23. The monoisotopic (exact) mass is 374 g/mol. The van der Waals surface area contributed by atoms with E-state index in [1.165, 1.54) is 7.11 Å². The van der Waals surface area contributed by atoms with E-state index in [0.29, 0.717) is 13.0 Å². The minimum absolute atomic E-state index is 0.181. The first-order valence-electron chi connectivity index (χ1n) is 9.23. The van der Waals surface area contributed by atoms with E-state index in [9.17, 15) is 9.59 Å². The maximum atomic E-state index is 13.1. The lowest BCUT2D eigenvalue weighted by atomic mass is 9.78. The zero-order chi connectivity index (χ0) is 19.4. The van der Waals surface area contributed by atoms with Gasteiger partial charge in [0.15, 0.2) is 11.5 Å². The average Bonchev–Trinajstić information content (AvgIpc) is 3.09. The summed E-state index contributed by atoms with van der Waals surface area (Å²) >= 11 is 0. The molecule has 1 fully saturated rings. The summed E-state index contributed by atoms with van der Waals surface area (Å²) < 4.78 is 16.3. The molecule has 0 aromatic heterocycles. The summed E-state index contributed by atoms with van der Waals surface area (Å²) in [5.41, 5.74) is -0.119. The van der Waals surface area contributed by atoms with Gasteiger partial charge < -0.3 is 19.5 Å². The Hall–Kier alpha value is -2.41. The molecule has 0 aliphatic carbocycles. The lowest BCUT2D eigenvalue weighted by molar-refractivity contribution is -0.155. The van der Waals surface area contributed by atoms with Gasteiger partial charge in [-0.3, -0.25) is 4.79 Å². The molecule has 2 aliphatic rings. The van der Waals surface area contributed by atoms with E-state index in [1.54, 1.807) is 6.92 Å². The Balaban J connectivity index is 1.82. The number of esters is 2. The van der Waals surface area contributed by atoms with Gasteiger partial charge in [0, 0.05) is 12.6 Å². The Kier molecular flexibility index (Phi) is 5.79. The van der Waals surface area contributed by atoms with Crippen LogP contribution in [0.25, 0.3) is 0 Å². The van der Waals surface area contributed by atoms with E-state index in [1.807, 2.05) is 30.3 Å². The van der Waals surface area contributed by atoms with Crippen molar-refractivity contribution in [1.82, 2.24) is 5.32 Å². The van der Waals surface area contributed by atoms with Crippen LogP contribution in [-0.4, -0.2) is 49.7 Å². The van der Waals surface area contributed by atoms with Crippen molar-refractivity contribution in [3.8, 4) is 0 Å². The molecule has 7 nitrogen and oxygen atoms in total. The largest absolute Gasteiger partial charge is 0.474 e. The zero-order valence-electron chi connectivity index (χ0n) is 15.9. The number of aliphatic imine (C=N–C) groups is 1. The molecule has 7 heteroatoms. The predicted octanol–water partition coefficient (Wildman–Crippen LogP) is 1.85. The molecule has 2 unspecified atom stereocenters. The molecule has 2 aliphatic heterocycles. The van der Waals surface area contributed by atoms with Crippen LogP contribution in [0.2, 0.25) is 0 Å². The second-order valence-corrected chi connectivity index (χ2v) is 7.19. The van der Waals surface area contributed by atoms with E-state index in [-0.39, 0.29) is 24.5 Å². The van der Waals surface area contributed by atoms with Crippen molar-refractivity contribution in [1.29, 1.82) is 0 Å². The molecule has 1 N–H and O–H groups in total. The van der Waals surface area contributed by atoms with Gasteiger partial charge in [0.2, 0.25) is 5.90 Å². The Morgan fingerprint density at radius 3 is 2.67 bits per heavy atom. The van der Waals surface area contributed by atoms with E-state index in [4.69, 9.17) is 14.2 Å². The summed E-state index contributed by atoms with van der Waals surface area (Å²) in [4.78, 5) is 29.5. The van der Waals surface area contributed by atoms with Crippen LogP contribution >= 0.6 is 0 Å². The van der Waals surface area contributed by atoms with Gasteiger partial charge in [-0.1, -0.05) is 30.3 Å². The summed E-state index contributed by atoms with van der Waals surface area (Å²) in [6.45, 7) is 4.36. The average molecular weight is 374 g/mol. The predicted molar refractivity (Wildman–Crippen MR) is 99.2 cm³/mol. The molecule has 1 saturated heterocycles. The number of carbonyl (C=O) groups is 2. The topological polar surface area (TPSA) is 86.2 Å². The fourth-order valence-corrected chi connectivity index (χ4v) is 3.41. The molecule has 0 spiro atoms. The quantitative estimate of drug-likeness (QED) is 0.792. The standard InChI is InChI=1S/C20H26N2O5/c1-13-9-10-20(12-21-13,18-22-16(14(2)27-18)17(23)25-3)19(24)26-11-15-7-5-4-6-8-15/h4-8,13-14,16,21H,9-12H2,1-3H3/t13-,14?,16?,20-/m1/s1. The van der Waals surface area contributed by atoms with Crippen molar-refractivity contribution in [2.75, 3.05) is 13.7 Å². The summed E-state index contributed by atoms with van der Waals surface area (Å²) in [5.74, 6) is -0.590. The van der Waals surface area contributed by atoms with Crippen LogP contribution in [0.5, 0.6) is 0 Å². The Morgan fingerprint density at radius 1 is 1.30 bits per heavy atom. The smallest absolute Gasteiger partial charge is 0.334 e. The third kappa shape index (κ3) is 3.98. The van der Waals surface area contributed by atoms with E-state index >= 15 is 0 Å². The van der Waals surface area contributed by atoms with Crippen LogP contribution in [0.4, 0.5) is 0 Å². The van der Waals surface area contributed by atoms with E-state index in [0.717, 1.165) is 12.0 Å². The van der Waals surface area contributed by atoms with Crippen molar-refractivity contribution < 1.29 is 23.8 Å². The third-order valence-corrected chi connectivity index (χ3v) is 5.21. The maximum absolute atomic E-state index is 13.1. The van der Waals surface area contributed by atoms with Gasteiger partial charge >= 0.3 is 11.9 Å². The molecule has 0 radical (unpaired) electrons. The minimum atomic E-state index is -1.03. The Labute approximate surface area is 159 Å². The molecule has 0 saturated carbocycles. The fraction of sp³-hybridized carbons (Fsp3) is 0.550. The second-order valence-electron chi connectivity index (χ2n) is 7.19. The van der Waals surface area contributed by atoms with E-state index in [2.05, 4.69) is 17.2 Å². The number of carbonyl (C=O) groups excluding carboxylic acids is 2. The molecule has 27 heavy (non-hydrogen) atoms. The third-order valence-electron chi connectivity index (χ3n) is 5.21. The number of nitrogens with zero attached hydrogens (tertiary/aromatic N) is 1. The summed E-state index contributed by atoms with van der Waals surface area (Å²) in [6, 6.07) is 9.04. The number of rotatable bonds is 5. The molecule has 3 rings (SSSR count). The molecule has 4 atom stereocenters. The van der Waals surface area contributed by atoms with Crippen molar-refractivity contribution in [2.24, 2.45) is 10.4 Å². The molecule has 0 amide bonds. The molecule has 1 aromatic carbocycles. The molecule has 2 heterocycles. The van der Waals surface area contributed by atoms with Crippen molar-refractivity contribution in [2.45, 2.75) is 51.5 Å². The fourth-order valence-electron chi connectivity index (χ4n) is 3.41. The molecular weight excluding hydrogens is 348 g/mol. The SMILES string of the molecule is COC(=O)C1N=C([C@@]2(C(=O)OCc3ccccc3)CC[C@@H](C)NC2)OC1C. The molecule has 146 valence electrons. The summed E-state index contributed by atoms with van der Waals surface area (Å²) in [7, 11) is 1.32. The Bertz CT molecular complexity index is 710. The number of piperidine rings is 1. The lowest BCUT2D eigenvalue weighted by Crippen LogP contribution is -2.54. The first kappa shape index (κ1) is 19.4. The minimum Gasteiger partial charge on any atom is -0.474 e. The van der Waals surface area contributed by atoms with Crippen LogP contribution in [0.15, 0.2) is 35.3 Å². The highest BCUT2D eigenvalue weighted by atomic mass is 16.6. The van der Waals surface area contributed by atoms with Crippen LogP contribution in [0.1, 0.15) is 32.3 Å². The lowest BCUT2D eigenvalue weighted by Gasteiger charge is -2.37. The summed E-state index contributed by atoms with van der Waals surface area (Å²) in [5, 5.41) is 3.32. The van der Waals surface area contributed by atoms with Gasteiger partial charge in [0.05, 0.1) is 7.11 Å². The van der Waals surface area contributed by atoms with Crippen LogP contribution in [-0.2, 0) is 30.4 Å². The molecule has 0 bridgehead atoms. The van der Waals surface area contributed by atoms with Gasteiger partial charge in [-0.2, -0.15) is 0 Å². The number of hydrogen-bond acceptors (Lipinski definition) is 7. The van der Waals surface area contributed by atoms with Crippen molar-refractivity contribution in [3.05, 3.63) is 35.9 Å². The highest BCUT2D eigenvalue weighted by molar-refractivity contribution is 6.05. The molecule has 1 aromatic rings. The number of hydrogen-bond donors (Lipinski definition) is 1. The molecular formula is C20H26N2O5. The number of methoxy groups -OCH3 is 1. The van der Waals surface area contributed by atoms with Gasteiger partial charge in [-0.25, -0.2) is 9.79 Å².